The SMILES string of the molecule is O=C(O)c1cn(CCNC(=O)N2CC(O)C(O)C2)nn1. The van der Waals surface area contributed by atoms with E-state index in [2.05, 4.69) is 15.6 Å². The molecule has 0 aromatic carbocycles. The van der Waals surface area contributed by atoms with Crippen molar-refractivity contribution in [2.24, 2.45) is 0 Å². The van der Waals surface area contributed by atoms with Crippen LogP contribution in [0.25, 0.3) is 0 Å². The third kappa shape index (κ3) is 3.22. The molecule has 1 aromatic heterocycles. The van der Waals surface area contributed by atoms with Crippen LogP contribution in [0, 0.1) is 0 Å². The first-order valence-electron chi connectivity index (χ1n) is 5.99. The Kier molecular flexibility index (Phi) is 4.15. The number of amides is 2. The summed E-state index contributed by atoms with van der Waals surface area (Å²) in [6.07, 6.45) is -0.582. The molecule has 10 nitrogen and oxygen atoms in total. The summed E-state index contributed by atoms with van der Waals surface area (Å²) in [5, 5.41) is 36.9. The molecule has 0 radical (unpaired) electrons. The predicted octanol–water partition coefficient (Wildman–Crippen LogP) is -2.28. The van der Waals surface area contributed by atoms with Gasteiger partial charge in [-0.3, -0.25) is 0 Å². The average Bonchev–Trinajstić information content (AvgIpc) is 2.98. The second-order valence-electron chi connectivity index (χ2n) is 4.44. The molecule has 1 fully saturated rings. The highest BCUT2D eigenvalue weighted by Gasteiger charge is 2.32. The predicted molar refractivity (Wildman–Crippen MR) is 64.0 cm³/mol. The Morgan fingerprint density at radius 3 is 2.55 bits per heavy atom. The van der Waals surface area contributed by atoms with Gasteiger partial charge in [0.2, 0.25) is 0 Å². The number of aromatic carboxylic acids is 1. The van der Waals surface area contributed by atoms with Crippen LogP contribution in [-0.4, -0.2) is 79.1 Å². The second-order valence-corrected chi connectivity index (χ2v) is 4.44. The molecule has 1 aromatic rings. The quantitative estimate of drug-likeness (QED) is 0.488. The number of aliphatic hydroxyl groups is 2. The number of aliphatic hydroxyl groups excluding tert-OH is 2. The summed E-state index contributed by atoms with van der Waals surface area (Å²) in [4.78, 5) is 23.6. The van der Waals surface area contributed by atoms with E-state index in [-0.39, 0.29) is 31.9 Å². The van der Waals surface area contributed by atoms with Gasteiger partial charge >= 0.3 is 12.0 Å². The molecule has 2 heterocycles. The van der Waals surface area contributed by atoms with Gasteiger partial charge in [0.25, 0.3) is 0 Å². The lowest BCUT2D eigenvalue weighted by Crippen LogP contribution is -2.40. The zero-order valence-corrected chi connectivity index (χ0v) is 10.5. The maximum atomic E-state index is 11.7. The standard InChI is InChI=1S/C10H15N5O5/c16-7-4-14(5-8(7)17)10(20)11-1-2-15-3-6(9(18)19)12-13-15/h3,7-8,16-17H,1-2,4-5H2,(H,11,20)(H,18,19). The molecule has 1 aliphatic heterocycles. The van der Waals surface area contributed by atoms with Crippen molar-refractivity contribution in [3.05, 3.63) is 11.9 Å². The fourth-order valence-corrected chi connectivity index (χ4v) is 1.83. The van der Waals surface area contributed by atoms with Crippen molar-refractivity contribution >= 4 is 12.0 Å². The van der Waals surface area contributed by atoms with Crippen molar-refractivity contribution in [2.75, 3.05) is 19.6 Å². The molecule has 2 rings (SSSR count). The van der Waals surface area contributed by atoms with E-state index in [0.717, 1.165) is 0 Å². The molecule has 4 N–H and O–H groups in total. The van der Waals surface area contributed by atoms with Crippen LogP contribution in [0.3, 0.4) is 0 Å². The Labute approximate surface area is 113 Å². The fourth-order valence-electron chi connectivity index (χ4n) is 1.83. The second kappa shape index (κ2) is 5.84. The molecule has 2 amide bonds. The molecule has 2 unspecified atom stereocenters. The van der Waals surface area contributed by atoms with E-state index < -0.39 is 24.2 Å². The molecule has 0 saturated carbocycles. The number of carboxylic acids is 1. The number of aromatic nitrogens is 3. The summed E-state index contributed by atoms with van der Waals surface area (Å²) < 4.78 is 1.30. The molecule has 1 aliphatic rings. The molecule has 0 aliphatic carbocycles. The Balaban J connectivity index is 1.75. The highest BCUT2D eigenvalue weighted by atomic mass is 16.4. The van der Waals surface area contributed by atoms with E-state index in [1.807, 2.05) is 0 Å². The number of hydrogen-bond donors (Lipinski definition) is 4. The van der Waals surface area contributed by atoms with Gasteiger partial charge in [-0.05, 0) is 0 Å². The van der Waals surface area contributed by atoms with Crippen molar-refractivity contribution in [3.63, 3.8) is 0 Å². The maximum absolute atomic E-state index is 11.7. The summed E-state index contributed by atoms with van der Waals surface area (Å²) in [7, 11) is 0. The van der Waals surface area contributed by atoms with Crippen LogP contribution in [-0.2, 0) is 6.54 Å². The number of carbonyl (C=O) groups excluding carboxylic acids is 1. The lowest BCUT2D eigenvalue weighted by atomic mass is 10.3. The number of hydrogen-bond acceptors (Lipinski definition) is 6. The Bertz CT molecular complexity index is 494. The van der Waals surface area contributed by atoms with Crippen LogP contribution in [0.1, 0.15) is 10.5 Å². The topological polar surface area (TPSA) is 141 Å². The summed E-state index contributed by atoms with van der Waals surface area (Å²) in [6, 6.07) is -0.404. The Morgan fingerprint density at radius 2 is 2.00 bits per heavy atom. The third-order valence-electron chi connectivity index (χ3n) is 2.92. The first-order valence-corrected chi connectivity index (χ1v) is 5.99. The maximum Gasteiger partial charge on any atom is 0.358 e. The summed E-state index contributed by atoms with van der Waals surface area (Å²) in [6.45, 7) is 0.661. The highest BCUT2D eigenvalue weighted by Crippen LogP contribution is 2.09. The summed E-state index contributed by atoms with van der Waals surface area (Å²) in [5.74, 6) is -1.17. The number of β-amino-alcohol motifs (C(OH)–C–C–N with tert-alkyl or cyclic N) is 2. The number of nitrogens with zero attached hydrogens (tertiary/aromatic N) is 4. The minimum Gasteiger partial charge on any atom is -0.476 e. The van der Waals surface area contributed by atoms with E-state index in [1.165, 1.54) is 15.8 Å². The first-order chi connectivity index (χ1) is 9.47. The van der Waals surface area contributed by atoms with Crippen molar-refractivity contribution in [2.45, 2.75) is 18.8 Å². The van der Waals surface area contributed by atoms with Crippen LogP contribution in [0.15, 0.2) is 6.20 Å². The molecule has 10 heteroatoms. The van der Waals surface area contributed by atoms with Gasteiger partial charge in [-0.15, -0.1) is 5.10 Å². The van der Waals surface area contributed by atoms with Gasteiger partial charge in [-0.1, -0.05) is 5.21 Å². The lowest BCUT2D eigenvalue weighted by Gasteiger charge is -2.16. The van der Waals surface area contributed by atoms with Gasteiger partial charge in [0.15, 0.2) is 5.69 Å². The van der Waals surface area contributed by atoms with Gasteiger partial charge < -0.3 is 25.5 Å². The number of urea groups is 1. The Hall–Kier alpha value is -2.20. The number of carbonyl (C=O) groups is 2. The van der Waals surface area contributed by atoms with Crippen molar-refractivity contribution in [3.8, 4) is 0 Å². The first kappa shape index (κ1) is 14.2. The van der Waals surface area contributed by atoms with E-state index in [9.17, 15) is 19.8 Å². The van der Waals surface area contributed by atoms with Crippen LogP contribution in [0.4, 0.5) is 4.79 Å². The molecule has 110 valence electrons. The average molecular weight is 285 g/mol. The third-order valence-corrected chi connectivity index (χ3v) is 2.92. The molecule has 20 heavy (non-hydrogen) atoms. The Morgan fingerprint density at radius 1 is 1.35 bits per heavy atom. The van der Waals surface area contributed by atoms with Gasteiger partial charge in [0, 0.05) is 6.54 Å². The van der Waals surface area contributed by atoms with Gasteiger partial charge in [0.05, 0.1) is 38.0 Å². The van der Waals surface area contributed by atoms with Gasteiger partial charge in [-0.2, -0.15) is 0 Å². The summed E-state index contributed by atoms with van der Waals surface area (Å²) in [5.41, 5.74) is -0.165. The summed E-state index contributed by atoms with van der Waals surface area (Å²) >= 11 is 0. The number of carboxylic acid groups (broad SMARTS) is 1. The molecule has 0 spiro atoms. The zero-order valence-electron chi connectivity index (χ0n) is 10.5. The molecular formula is C10H15N5O5. The number of nitrogens with one attached hydrogen (secondary N) is 1. The van der Waals surface area contributed by atoms with E-state index in [4.69, 9.17) is 5.11 Å². The van der Waals surface area contributed by atoms with E-state index >= 15 is 0 Å². The normalized spacial score (nSPS) is 22.0. The molecular weight excluding hydrogens is 270 g/mol. The van der Waals surface area contributed by atoms with Gasteiger partial charge in [-0.25, -0.2) is 14.3 Å². The van der Waals surface area contributed by atoms with Crippen LogP contribution >= 0.6 is 0 Å². The van der Waals surface area contributed by atoms with Crippen molar-refractivity contribution in [1.29, 1.82) is 0 Å². The molecule has 2 atom stereocenters. The van der Waals surface area contributed by atoms with Gasteiger partial charge in [0.1, 0.15) is 0 Å². The lowest BCUT2D eigenvalue weighted by molar-refractivity contribution is 0.0572. The van der Waals surface area contributed by atoms with Crippen LogP contribution in [0.5, 0.6) is 0 Å². The van der Waals surface area contributed by atoms with E-state index in [1.54, 1.807) is 0 Å². The van der Waals surface area contributed by atoms with Crippen molar-refractivity contribution in [1.82, 2.24) is 25.2 Å². The van der Waals surface area contributed by atoms with Crippen molar-refractivity contribution < 1.29 is 24.9 Å². The largest absolute Gasteiger partial charge is 0.476 e. The monoisotopic (exact) mass is 285 g/mol. The smallest absolute Gasteiger partial charge is 0.358 e. The highest BCUT2D eigenvalue weighted by molar-refractivity contribution is 5.84. The molecule has 0 bridgehead atoms. The minimum absolute atomic E-state index is 0.0828. The number of likely N-dealkylation sites (tertiary alicyclic amines) is 1. The van der Waals surface area contributed by atoms with Crippen LogP contribution < -0.4 is 5.32 Å². The molecule has 1 saturated heterocycles. The van der Waals surface area contributed by atoms with E-state index in [0.29, 0.717) is 0 Å². The minimum atomic E-state index is -1.17. The number of rotatable bonds is 4. The fraction of sp³-hybridized carbons (Fsp3) is 0.600. The zero-order chi connectivity index (χ0) is 14.7. The van der Waals surface area contributed by atoms with Crippen LogP contribution in [0.2, 0.25) is 0 Å².